The maximum atomic E-state index is 12.2. The molecule has 0 aliphatic carbocycles. The van der Waals surface area contributed by atoms with Crippen LogP contribution in [0.1, 0.15) is 12.5 Å². The number of aliphatic hydroxyl groups excluding tert-OH is 1. The van der Waals surface area contributed by atoms with Crippen LogP contribution < -0.4 is 4.74 Å². The van der Waals surface area contributed by atoms with Crippen molar-refractivity contribution in [2.75, 3.05) is 13.7 Å². The number of carbonyl (C=O) groups excluding carboxylic acids is 1. The van der Waals surface area contributed by atoms with Crippen molar-refractivity contribution in [1.29, 1.82) is 0 Å². The second kappa shape index (κ2) is 8.67. The lowest BCUT2D eigenvalue weighted by Gasteiger charge is -2.04. The van der Waals surface area contributed by atoms with Gasteiger partial charge in [0, 0.05) is 0 Å². The molecule has 1 heterocycles. The summed E-state index contributed by atoms with van der Waals surface area (Å²) in [7, 11) is 1.25. The zero-order valence-electron chi connectivity index (χ0n) is 15.4. The van der Waals surface area contributed by atoms with Crippen LogP contribution in [0.3, 0.4) is 0 Å². The van der Waals surface area contributed by atoms with Gasteiger partial charge >= 0.3 is 5.97 Å². The maximum absolute atomic E-state index is 12.2. The zero-order valence-corrected chi connectivity index (χ0v) is 16.2. The Morgan fingerprint density at radius 2 is 1.93 bits per heavy atom. The normalized spacial score (nSPS) is 16.6. The summed E-state index contributed by atoms with van der Waals surface area (Å²) in [6.07, 6.45) is 1.67. The Morgan fingerprint density at radius 3 is 2.57 bits per heavy atom. The summed E-state index contributed by atoms with van der Waals surface area (Å²) in [6.45, 7) is 2.47. The maximum Gasteiger partial charge on any atom is 0.344 e. The molecule has 0 fully saturated rings. The number of aromatic hydroxyl groups is 1. The molecule has 2 N–H and O–H groups in total. The van der Waals surface area contributed by atoms with E-state index in [0.29, 0.717) is 27.8 Å². The van der Waals surface area contributed by atoms with Crippen LogP contribution in [0, 0.1) is 0 Å². The molecule has 2 aromatic carbocycles. The number of aliphatic imine (C=N–C) groups is 1. The van der Waals surface area contributed by atoms with E-state index < -0.39 is 5.97 Å². The Kier molecular flexibility index (Phi) is 6.06. The molecule has 2 aromatic rings. The summed E-state index contributed by atoms with van der Waals surface area (Å²) in [6, 6.07) is 13.7. The number of thioether (sulfide) groups is 1. The number of ether oxygens (including phenoxy) is 2. The van der Waals surface area contributed by atoms with Gasteiger partial charge in [-0.15, -0.1) is 0 Å². The highest BCUT2D eigenvalue weighted by Crippen LogP contribution is 2.40. The van der Waals surface area contributed by atoms with Crippen LogP contribution in [0.4, 0.5) is 5.69 Å². The molecule has 0 radical (unpaired) electrons. The van der Waals surface area contributed by atoms with Crippen LogP contribution in [-0.2, 0) is 9.53 Å². The molecule has 6 nitrogen and oxygen atoms in total. The van der Waals surface area contributed by atoms with E-state index in [2.05, 4.69) is 4.99 Å². The molecule has 0 aromatic heterocycles. The number of benzene rings is 2. The lowest BCUT2D eigenvalue weighted by atomic mass is 10.1. The Balaban J connectivity index is 1.98. The van der Waals surface area contributed by atoms with E-state index in [4.69, 9.17) is 9.47 Å². The van der Waals surface area contributed by atoms with Gasteiger partial charge in [0.05, 0.1) is 24.3 Å². The molecule has 3 rings (SSSR count). The fraction of sp³-hybridized carbons (Fsp3) is 0.143. The number of esters is 1. The van der Waals surface area contributed by atoms with Crippen molar-refractivity contribution in [3.05, 3.63) is 70.3 Å². The molecule has 0 amide bonds. The topological polar surface area (TPSA) is 88.4 Å². The van der Waals surface area contributed by atoms with Gasteiger partial charge in [0.15, 0.2) is 0 Å². The van der Waals surface area contributed by atoms with Crippen molar-refractivity contribution < 1.29 is 24.5 Å². The van der Waals surface area contributed by atoms with Crippen LogP contribution in [-0.4, -0.2) is 34.9 Å². The first-order chi connectivity index (χ1) is 13.5. The summed E-state index contributed by atoms with van der Waals surface area (Å²) >= 11 is 1.15. The minimum atomic E-state index is -0.672. The highest BCUT2D eigenvalue weighted by atomic mass is 32.2. The molecular formula is C21H19NO5S. The Bertz CT molecular complexity index is 977. The molecule has 144 valence electrons. The summed E-state index contributed by atoms with van der Waals surface area (Å²) in [4.78, 5) is 17.1. The van der Waals surface area contributed by atoms with Crippen LogP contribution >= 0.6 is 11.8 Å². The number of hydrogen-bond acceptors (Lipinski definition) is 7. The SMILES string of the molecule is CCOc1ccc(N=C2S/C(=C/c3cccc(O)c3)C(O)=C2C(=O)OC)cc1. The fourth-order valence-corrected chi connectivity index (χ4v) is 3.59. The van der Waals surface area contributed by atoms with E-state index in [1.807, 2.05) is 6.92 Å². The summed E-state index contributed by atoms with van der Waals surface area (Å²) in [5.41, 5.74) is 1.30. The smallest absolute Gasteiger partial charge is 0.344 e. The Hall–Kier alpha value is -3.19. The first kappa shape index (κ1) is 19.6. The standard InChI is InChI=1S/C21H19NO5S/c1-3-27-16-9-7-14(8-10-16)22-20-18(21(25)26-2)19(24)17(28-20)12-13-5-4-6-15(23)11-13/h4-12,23-24H,3H2,1-2H3/b17-12+,22-20?. The Morgan fingerprint density at radius 1 is 1.18 bits per heavy atom. The number of methoxy groups -OCH3 is 1. The lowest BCUT2D eigenvalue weighted by molar-refractivity contribution is -0.135. The first-order valence-electron chi connectivity index (χ1n) is 8.54. The third-order valence-electron chi connectivity index (χ3n) is 3.83. The lowest BCUT2D eigenvalue weighted by Crippen LogP contribution is -2.10. The van der Waals surface area contributed by atoms with Crippen molar-refractivity contribution in [2.24, 2.45) is 4.99 Å². The second-order valence-corrected chi connectivity index (χ2v) is 6.80. The fourth-order valence-electron chi connectivity index (χ4n) is 2.56. The van der Waals surface area contributed by atoms with E-state index in [0.717, 1.165) is 17.5 Å². The molecule has 1 aliphatic rings. The van der Waals surface area contributed by atoms with Gasteiger partial charge in [0.2, 0.25) is 0 Å². The van der Waals surface area contributed by atoms with Crippen LogP contribution in [0.5, 0.6) is 11.5 Å². The van der Waals surface area contributed by atoms with Gasteiger partial charge in [0.25, 0.3) is 0 Å². The van der Waals surface area contributed by atoms with Crippen molar-refractivity contribution >= 4 is 34.5 Å². The minimum Gasteiger partial charge on any atom is -0.508 e. The molecular weight excluding hydrogens is 378 g/mol. The van der Waals surface area contributed by atoms with Crippen molar-refractivity contribution in [3.63, 3.8) is 0 Å². The first-order valence-corrected chi connectivity index (χ1v) is 9.36. The van der Waals surface area contributed by atoms with Gasteiger partial charge in [0.1, 0.15) is 27.9 Å². The van der Waals surface area contributed by atoms with Gasteiger partial charge in [-0.3, -0.25) is 0 Å². The van der Waals surface area contributed by atoms with E-state index in [1.54, 1.807) is 54.6 Å². The monoisotopic (exact) mass is 397 g/mol. The molecule has 0 saturated heterocycles. The van der Waals surface area contributed by atoms with E-state index in [-0.39, 0.29) is 17.1 Å². The highest BCUT2D eigenvalue weighted by Gasteiger charge is 2.32. The molecule has 0 spiro atoms. The molecule has 0 saturated carbocycles. The van der Waals surface area contributed by atoms with Crippen LogP contribution in [0.15, 0.2) is 69.8 Å². The Labute approximate surface area is 166 Å². The third-order valence-corrected chi connectivity index (χ3v) is 4.85. The summed E-state index contributed by atoms with van der Waals surface area (Å²) in [5.74, 6) is -0.0438. The van der Waals surface area contributed by atoms with E-state index in [9.17, 15) is 15.0 Å². The number of carbonyl (C=O) groups is 1. The number of phenols is 1. The molecule has 1 aliphatic heterocycles. The minimum absolute atomic E-state index is 0.00721. The zero-order chi connectivity index (χ0) is 20.1. The van der Waals surface area contributed by atoms with E-state index in [1.165, 1.54) is 7.11 Å². The summed E-state index contributed by atoms with van der Waals surface area (Å²) < 4.78 is 10.2. The van der Waals surface area contributed by atoms with E-state index >= 15 is 0 Å². The predicted molar refractivity (Wildman–Crippen MR) is 110 cm³/mol. The molecule has 7 heteroatoms. The number of phenolic OH excluding ortho intramolecular Hbond substituents is 1. The number of rotatable bonds is 5. The predicted octanol–water partition coefficient (Wildman–Crippen LogP) is 4.59. The second-order valence-electron chi connectivity index (χ2n) is 5.76. The average molecular weight is 397 g/mol. The van der Waals surface area contributed by atoms with Crippen molar-refractivity contribution in [1.82, 2.24) is 0 Å². The van der Waals surface area contributed by atoms with Gasteiger partial charge in [-0.2, -0.15) is 0 Å². The van der Waals surface area contributed by atoms with Gasteiger partial charge < -0.3 is 19.7 Å². The largest absolute Gasteiger partial charge is 0.508 e. The molecule has 0 unspecified atom stereocenters. The van der Waals surface area contributed by atoms with Crippen LogP contribution in [0.2, 0.25) is 0 Å². The molecule has 28 heavy (non-hydrogen) atoms. The number of aliphatic hydroxyl groups is 1. The summed E-state index contributed by atoms with van der Waals surface area (Å²) in [5, 5.41) is 20.5. The van der Waals surface area contributed by atoms with Crippen molar-refractivity contribution in [2.45, 2.75) is 6.92 Å². The van der Waals surface area contributed by atoms with Crippen molar-refractivity contribution in [3.8, 4) is 11.5 Å². The van der Waals surface area contributed by atoms with Gasteiger partial charge in [-0.1, -0.05) is 23.9 Å². The number of hydrogen-bond donors (Lipinski definition) is 2. The van der Waals surface area contributed by atoms with Crippen LogP contribution in [0.25, 0.3) is 6.08 Å². The van der Waals surface area contributed by atoms with Gasteiger partial charge in [-0.25, -0.2) is 9.79 Å². The third kappa shape index (κ3) is 4.37. The molecule has 0 atom stereocenters. The van der Waals surface area contributed by atoms with Gasteiger partial charge in [-0.05, 0) is 55.0 Å². The highest BCUT2D eigenvalue weighted by molar-refractivity contribution is 8.18. The molecule has 0 bridgehead atoms. The number of nitrogens with zero attached hydrogens (tertiary/aromatic N) is 1. The average Bonchev–Trinajstić information content (AvgIpc) is 2.98. The quantitative estimate of drug-likeness (QED) is 0.717.